The summed E-state index contributed by atoms with van der Waals surface area (Å²) in [4.78, 5) is 0. The Morgan fingerprint density at radius 2 is 1.84 bits per heavy atom. The van der Waals surface area contributed by atoms with Crippen LogP contribution in [0.15, 0.2) is 24.3 Å². The third kappa shape index (κ3) is 3.80. The molecule has 0 aliphatic heterocycles. The maximum atomic E-state index is 13.2. The zero-order valence-corrected chi connectivity index (χ0v) is 13.6. The molecule has 0 fully saturated rings. The number of hydrogen-bond donors (Lipinski definition) is 3. The second kappa shape index (κ2) is 7.05. The largest absolute Gasteiger partial charge is 0.435 e. The molecule has 1 aromatic heterocycles. The lowest BCUT2D eigenvalue weighted by Gasteiger charge is -2.15. The Labute approximate surface area is 143 Å². The fourth-order valence-corrected chi connectivity index (χ4v) is 3.06. The molecule has 0 bridgehead atoms. The van der Waals surface area contributed by atoms with Gasteiger partial charge in [0.1, 0.15) is 0 Å². The van der Waals surface area contributed by atoms with E-state index >= 15 is 0 Å². The van der Waals surface area contributed by atoms with E-state index in [1.165, 1.54) is 4.68 Å². The van der Waals surface area contributed by atoms with Crippen molar-refractivity contribution in [2.45, 2.75) is 38.0 Å². The molecule has 1 unspecified atom stereocenters. The molecule has 2 aromatic rings. The van der Waals surface area contributed by atoms with Gasteiger partial charge >= 0.3 is 6.18 Å². The highest BCUT2D eigenvalue weighted by atomic mass is 19.4. The van der Waals surface area contributed by atoms with E-state index < -0.39 is 18.0 Å². The molecule has 1 heterocycles. The summed E-state index contributed by atoms with van der Waals surface area (Å²) in [5, 5.41) is 24.9. The summed E-state index contributed by atoms with van der Waals surface area (Å²) in [7, 11) is 0. The lowest BCUT2D eigenvalue weighted by molar-refractivity contribution is -0.142. The van der Waals surface area contributed by atoms with E-state index in [2.05, 4.69) is 10.4 Å². The number of anilines is 1. The summed E-state index contributed by atoms with van der Waals surface area (Å²) in [6.45, 7) is -0.157. The average molecular weight is 355 g/mol. The van der Waals surface area contributed by atoms with E-state index in [-0.39, 0.29) is 13.2 Å². The van der Waals surface area contributed by atoms with Gasteiger partial charge in [0, 0.05) is 23.5 Å². The predicted molar refractivity (Wildman–Crippen MR) is 86.8 cm³/mol. The third-order valence-corrected chi connectivity index (χ3v) is 4.31. The van der Waals surface area contributed by atoms with Crippen molar-refractivity contribution in [1.29, 1.82) is 0 Å². The zero-order chi connectivity index (χ0) is 18.0. The molecule has 8 heteroatoms. The van der Waals surface area contributed by atoms with Crippen molar-refractivity contribution in [3.63, 3.8) is 0 Å². The zero-order valence-electron chi connectivity index (χ0n) is 13.6. The van der Waals surface area contributed by atoms with Gasteiger partial charge in [-0.05, 0) is 49.9 Å². The van der Waals surface area contributed by atoms with Gasteiger partial charge in [0.15, 0.2) is 5.69 Å². The number of rotatable bonds is 5. The minimum absolute atomic E-state index is 0.186. The minimum atomic E-state index is -4.45. The lowest BCUT2D eigenvalue weighted by atomic mass is 9.95. The number of alkyl halides is 3. The second-order valence-corrected chi connectivity index (χ2v) is 6.15. The molecule has 1 aliphatic rings. The molecule has 0 radical (unpaired) electrons. The van der Waals surface area contributed by atoms with Crippen molar-refractivity contribution in [2.24, 2.45) is 0 Å². The van der Waals surface area contributed by atoms with Gasteiger partial charge in [-0.2, -0.15) is 18.3 Å². The SMILES string of the molecule is OCC(O)CNc1ccc(-n2nc(C(F)(F)F)c3c2CCCC3)cc1. The van der Waals surface area contributed by atoms with Gasteiger partial charge in [0.05, 0.1) is 18.4 Å². The lowest BCUT2D eigenvalue weighted by Crippen LogP contribution is -2.22. The van der Waals surface area contributed by atoms with E-state index in [0.29, 0.717) is 35.5 Å². The quantitative estimate of drug-likeness (QED) is 0.771. The molecule has 0 amide bonds. The van der Waals surface area contributed by atoms with Crippen molar-refractivity contribution in [1.82, 2.24) is 9.78 Å². The minimum Gasteiger partial charge on any atom is -0.394 e. The first kappa shape index (κ1) is 17.8. The fourth-order valence-electron chi connectivity index (χ4n) is 3.06. The monoisotopic (exact) mass is 355 g/mol. The number of benzene rings is 1. The molecule has 25 heavy (non-hydrogen) atoms. The van der Waals surface area contributed by atoms with Crippen molar-refractivity contribution in [3.8, 4) is 5.69 Å². The first-order valence-electron chi connectivity index (χ1n) is 8.21. The van der Waals surface area contributed by atoms with E-state index in [1.807, 2.05) is 0 Å². The van der Waals surface area contributed by atoms with E-state index in [0.717, 1.165) is 12.8 Å². The van der Waals surface area contributed by atoms with E-state index in [1.54, 1.807) is 24.3 Å². The third-order valence-electron chi connectivity index (χ3n) is 4.31. The number of halogens is 3. The van der Waals surface area contributed by atoms with Crippen molar-refractivity contribution in [2.75, 3.05) is 18.5 Å². The van der Waals surface area contributed by atoms with Crippen LogP contribution >= 0.6 is 0 Å². The van der Waals surface area contributed by atoms with Crippen LogP contribution in [0.4, 0.5) is 18.9 Å². The van der Waals surface area contributed by atoms with Gasteiger partial charge in [0.25, 0.3) is 0 Å². The molecule has 1 aliphatic carbocycles. The van der Waals surface area contributed by atoms with Crippen LogP contribution in [0.2, 0.25) is 0 Å². The molecule has 0 saturated heterocycles. The topological polar surface area (TPSA) is 70.3 Å². The van der Waals surface area contributed by atoms with Crippen LogP contribution in [0, 0.1) is 0 Å². The maximum Gasteiger partial charge on any atom is 0.435 e. The smallest absolute Gasteiger partial charge is 0.394 e. The molecule has 0 saturated carbocycles. The summed E-state index contributed by atoms with van der Waals surface area (Å²) in [5.41, 5.74) is 1.44. The number of nitrogens with zero attached hydrogens (tertiary/aromatic N) is 2. The van der Waals surface area contributed by atoms with Gasteiger partial charge in [-0.15, -0.1) is 0 Å². The van der Waals surface area contributed by atoms with Gasteiger partial charge in [-0.25, -0.2) is 4.68 Å². The van der Waals surface area contributed by atoms with Crippen molar-refractivity contribution in [3.05, 3.63) is 41.2 Å². The Hall–Kier alpha value is -2.06. The van der Waals surface area contributed by atoms with Crippen LogP contribution in [0.1, 0.15) is 29.8 Å². The summed E-state index contributed by atoms with van der Waals surface area (Å²) in [5.74, 6) is 0. The molecule has 1 atom stereocenters. The maximum absolute atomic E-state index is 13.2. The van der Waals surface area contributed by atoms with Gasteiger partial charge < -0.3 is 15.5 Å². The van der Waals surface area contributed by atoms with Crippen LogP contribution in [0.3, 0.4) is 0 Å². The van der Waals surface area contributed by atoms with Crippen molar-refractivity contribution >= 4 is 5.69 Å². The van der Waals surface area contributed by atoms with Crippen LogP contribution in [0.25, 0.3) is 5.69 Å². The first-order chi connectivity index (χ1) is 11.9. The number of aromatic nitrogens is 2. The average Bonchev–Trinajstić information content (AvgIpc) is 3.00. The molecular weight excluding hydrogens is 335 g/mol. The van der Waals surface area contributed by atoms with Gasteiger partial charge in [-0.3, -0.25) is 0 Å². The highest BCUT2D eigenvalue weighted by Gasteiger charge is 2.39. The van der Waals surface area contributed by atoms with E-state index in [4.69, 9.17) is 5.11 Å². The Bertz CT molecular complexity index is 726. The highest BCUT2D eigenvalue weighted by Crippen LogP contribution is 2.36. The van der Waals surface area contributed by atoms with Gasteiger partial charge in [0.2, 0.25) is 0 Å². The fraction of sp³-hybridized carbons (Fsp3) is 0.471. The number of fused-ring (bicyclic) bond motifs is 1. The molecule has 0 spiro atoms. The Morgan fingerprint density at radius 3 is 2.48 bits per heavy atom. The Kier molecular flexibility index (Phi) is 5.01. The first-order valence-corrected chi connectivity index (χ1v) is 8.21. The standard InChI is InChI=1S/C17H20F3N3O2/c18-17(19,20)16-14-3-1-2-4-15(14)23(22-16)12-7-5-11(6-8-12)21-9-13(25)10-24/h5-8,13,21,24-25H,1-4,9-10H2. The number of nitrogens with one attached hydrogen (secondary N) is 1. The number of aliphatic hydroxyl groups is 2. The normalized spacial score (nSPS) is 15.7. The molecule has 3 N–H and O–H groups in total. The van der Waals surface area contributed by atoms with Crippen LogP contribution in [-0.4, -0.2) is 39.2 Å². The summed E-state index contributed by atoms with van der Waals surface area (Å²) < 4.78 is 41.1. The second-order valence-electron chi connectivity index (χ2n) is 6.15. The van der Waals surface area contributed by atoms with E-state index in [9.17, 15) is 18.3 Å². The number of aliphatic hydroxyl groups excluding tert-OH is 2. The molecule has 5 nitrogen and oxygen atoms in total. The molecule has 3 rings (SSSR count). The Balaban J connectivity index is 1.88. The number of hydrogen-bond acceptors (Lipinski definition) is 4. The van der Waals surface area contributed by atoms with Crippen LogP contribution < -0.4 is 5.32 Å². The summed E-state index contributed by atoms with van der Waals surface area (Å²) in [6.07, 6.45) is -2.72. The van der Waals surface area contributed by atoms with Gasteiger partial charge in [-0.1, -0.05) is 0 Å². The summed E-state index contributed by atoms with van der Waals surface area (Å²) in [6, 6.07) is 6.80. The highest BCUT2D eigenvalue weighted by molar-refractivity contribution is 5.50. The molecular formula is C17H20F3N3O2. The van der Waals surface area contributed by atoms with Crippen LogP contribution in [-0.2, 0) is 19.0 Å². The predicted octanol–water partition coefficient (Wildman–Crippen LogP) is 2.54. The summed E-state index contributed by atoms with van der Waals surface area (Å²) >= 11 is 0. The molecule has 1 aromatic carbocycles. The molecule has 136 valence electrons. The van der Waals surface area contributed by atoms with Crippen molar-refractivity contribution < 1.29 is 23.4 Å². The van der Waals surface area contributed by atoms with Crippen LogP contribution in [0.5, 0.6) is 0 Å². The Morgan fingerprint density at radius 1 is 1.16 bits per heavy atom.